The molecule has 0 aliphatic carbocycles. The third-order valence-corrected chi connectivity index (χ3v) is 4.83. The SMILES string of the molecule is CCCC(=O)N(Cc1ccc(F)cc1)C(Cc1ccccc1)C(=O)NCCCOC. The van der Waals surface area contributed by atoms with Crippen molar-refractivity contribution in [3.05, 3.63) is 71.5 Å². The smallest absolute Gasteiger partial charge is 0.243 e. The summed E-state index contributed by atoms with van der Waals surface area (Å²) in [5, 5.41) is 2.94. The van der Waals surface area contributed by atoms with Crippen molar-refractivity contribution in [3.63, 3.8) is 0 Å². The Hall–Kier alpha value is -2.73. The number of hydrogen-bond acceptors (Lipinski definition) is 3. The van der Waals surface area contributed by atoms with Crippen molar-refractivity contribution in [2.24, 2.45) is 0 Å². The average Bonchev–Trinajstić information content (AvgIpc) is 2.75. The number of halogens is 1. The maximum absolute atomic E-state index is 13.3. The molecule has 2 aromatic rings. The number of methoxy groups -OCH3 is 1. The van der Waals surface area contributed by atoms with Crippen molar-refractivity contribution in [2.75, 3.05) is 20.3 Å². The highest BCUT2D eigenvalue weighted by molar-refractivity contribution is 5.88. The molecule has 2 amide bonds. The highest BCUT2D eigenvalue weighted by Gasteiger charge is 2.29. The fourth-order valence-corrected chi connectivity index (χ4v) is 3.24. The lowest BCUT2D eigenvalue weighted by molar-refractivity contribution is -0.141. The fraction of sp³-hybridized carbons (Fsp3) is 0.417. The molecule has 0 saturated carbocycles. The van der Waals surface area contributed by atoms with Gasteiger partial charge in [-0.1, -0.05) is 49.4 Å². The molecule has 162 valence electrons. The molecular formula is C24H31FN2O3. The summed E-state index contributed by atoms with van der Waals surface area (Å²) in [6.07, 6.45) is 2.14. The van der Waals surface area contributed by atoms with Gasteiger partial charge in [-0.3, -0.25) is 9.59 Å². The van der Waals surface area contributed by atoms with Crippen LogP contribution in [0.2, 0.25) is 0 Å². The van der Waals surface area contributed by atoms with Crippen LogP contribution in [0.4, 0.5) is 4.39 Å². The third kappa shape index (κ3) is 7.59. The lowest BCUT2D eigenvalue weighted by Gasteiger charge is -2.31. The summed E-state index contributed by atoms with van der Waals surface area (Å²) >= 11 is 0. The van der Waals surface area contributed by atoms with E-state index in [0.29, 0.717) is 38.8 Å². The first-order chi connectivity index (χ1) is 14.5. The van der Waals surface area contributed by atoms with Crippen molar-refractivity contribution in [1.82, 2.24) is 10.2 Å². The zero-order valence-corrected chi connectivity index (χ0v) is 17.8. The van der Waals surface area contributed by atoms with Gasteiger partial charge in [-0.15, -0.1) is 0 Å². The first kappa shape index (κ1) is 23.5. The van der Waals surface area contributed by atoms with Gasteiger partial charge >= 0.3 is 0 Å². The van der Waals surface area contributed by atoms with Crippen molar-refractivity contribution in [2.45, 2.75) is 45.2 Å². The van der Waals surface area contributed by atoms with Gasteiger partial charge in [-0.2, -0.15) is 0 Å². The molecule has 0 heterocycles. The van der Waals surface area contributed by atoms with Crippen LogP contribution in [0.5, 0.6) is 0 Å². The van der Waals surface area contributed by atoms with Crippen LogP contribution in [-0.4, -0.2) is 43.0 Å². The molecule has 1 atom stereocenters. The minimum atomic E-state index is -0.654. The molecule has 0 fully saturated rings. The van der Waals surface area contributed by atoms with Gasteiger partial charge in [0.05, 0.1) is 0 Å². The normalized spacial score (nSPS) is 11.7. The van der Waals surface area contributed by atoms with Crippen LogP contribution in [0, 0.1) is 5.82 Å². The number of ether oxygens (including phenoxy) is 1. The zero-order chi connectivity index (χ0) is 21.8. The Morgan fingerprint density at radius 2 is 1.77 bits per heavy atom. The third-order valence-electron chi connectivity index (χ3n) is 4.83. The van der Waals surface area contributed by atoms with Gasteiger partial charge in [-0.05, 0) is 36.1 Å². The molecule has 30 heavy (non-hydrogen) atoms. The standard InChI is InChI=1S/C24H31FN2O3/c1-3-8-23(28)27(18-20-11-13-21(25)14-12-20)22(17-19-9-5-4-6-10-19)24(29)26-15-7-16-30-2/h4-6,9-14,22H,3,7-8,15-18H2,1-2H3,(H,26,29). The van der Waals surface area contributed by atoms with E-state index in [1.54, 1.807) is 24.1 Å². The second kappa shape index (κ2) is 12.8. The van der Waals surface area contributed by atoms with E-state index in [9.17, 15) is 14.0 Å². The monoisotopic (exact) mass is 414 g/mol. The molecule has 0 spiro atoms. The molecule has 6 heteroatoms. The van der Waals surface area contributed by atoms with Gasteiger partial charge in [0.15, 0.2) is 0 Å². The van der Waals surface area contributed by atoms with E-state index in [0.717, 1.165) is 11.1 Å². The number of amides is 2. The Labute approximate surface area is 178 Å². The average molecular weight is 415 g/mol. The number of nitrogens with one attached hydrogen (secondary N) is 1. The van der Waals surface area contributed by atoms with Crippen LogP contribution in [-0.2, 0) is 27.3 Å². The zero-order valence-electron chi connectivity index (χ0n) is 17.8. The fourth-order valence-electron chi connectivity index (χ4n) is 3.24. The van der Waals surface area contributed by atoms with Gasteiger partial charge in [-0.25, -0.2) is 4.39 Å². The lowest BCUT2D eigenvalue weighted by atomic mass is 10.0. The number of hydrogen-bond donors (Lipinski definition) is 1. The molecule has 5 nitrogen and oxygen atoms in total. The maximum Gasteiger partial charge on any atom is 0.243 e. The van der Waals surface area contributed by atoms with E-state index in [-0.39, 0.29) is 24.2 Å². The van der Waals surface area contributed by atoms with Gasteiger partial charge in [0.1, 0.15) is 11.9 Å². The number of carbonyl (C=O) groups excluding carboxylic acids is 2. The van der Waals surface area contributed by atoms with Crippen LogP contribution in [0.15, 0.2) is 54.6 Å². The number of nitrogens with zero attached hydrogens (tertiary/aromatic N) is 1. The predicted molar refractivity (Wildman–Crippen MR) is 115 cm³/mol. The van der Waals surface area contributed by atoms with E-state index in [1.807, 2.05) is 37.3 Å². The highest BCUT2D eigenvalue weighted by atomic mass is 19.1. The second-order valence-electron chi connectivity index (χ2n) is 7.24. The van der Waals surface area contributed by atoms with Gasteiger partial charge in [0.2, 0.25) is 11.8 Å². The van der Waals surface area contributed by atoms with Crippen LogP contribution in [0.1, 0.15) is 37.3 Å². The lowest BCUT2D eigenvalue weighted by Crippen LogP contribution is -2.50. The van der Waals surface area contributed by atoms with Crippen LogP contribution in [0.3, 0.4) is 0 Å². The first-order valence-corrected chi connectivity index (χ1v) is 10.4. The minimum Gasteiger partial charge on any atom is -0.385 e. The Kier molecular flexibility index (Phi) is 10.0. The predicted octanol–water partition coefficient (Wildman–Crippen LogP) is 3.72. The number of benzene rings is 2. The molecule has 0 aromatic heterocycles. The van der Waals surface area contributed by atoms with Gasteiger partial charge in [0.25, 0.3) is 0 Å². The molecule has 2 rings (SSSR count). The first-order valence-electron chi connectivity index (χ1n) is 10.4. The molecule has 0 aliphatic heterocycles. The number of carbonyl (C=O) groups is 2. The molecule has 1 unspecified atom stereocenters. The van der Waals surface area contributed by atoms with Crippen molar-refractivity contribution in [1.29, 1.82) is 0 Å². The molecule has 0 saturated heterocycles. The quantitative estimate of drug-likeness (QED) is 0.539. The molecular weight excluding hydrogens is 383 g/mol. The van der Waals surface area contributed by atoms with Crippen molar-refractivity contribution in [3.8, 4) is 0 Å². The topological polar surface area (TPSA) is 58.6 Å². The highest BCUT2D eigenvalue weighted by Crippen LogP contribution is 2.16. The second-order valence-corrected chi connectivity index (χ2v) is 7.24. The molecule has 2 aromatic carbocycles. The van der Waals surface area contributed by atoms with Crippen LogP contribution < -0.4 is 5.32 Å². The molecule has 1 N–H and O–H groups in total. The number of rotatable bonds is 12. The van der Waals surface area contributed by atoms with E-state index < -0.39 is 6.04 Å². The Bertz CT molecular complexity index is 781. The summed E-state index contributed by atoms with van der Waals surface area (Å²) in [4.78, 5) is 27.7. The summed E-state index contributed by atoms with van der Waals surface area (Å²) in [6, 6.07) is 15.0. The minimum absolute atomic E-state index is 0.0882. The Balaban J connectivity index is 2.27. The van der Waals surface area contributed by atoms with Crippen molar-refractivity contribution < 1.29 is 18.7 Å². The van der Waals surface area contributed by atoms with Crippen LogP contribution >= 0.6 is 0 Å². The van der Waals surface area contributed by atoms with Gasteiger partial charge in [0, 0.05) is 39.6 Å². The Morgan fingerprint density at radius 1 is 1.07 bits per heavy atom. The largest absolute Gasteiger partial charge is 0.385 e. The Morgan fingerprint density at radius 3 is 2.40 bits per heavy atom. The van der Waals surface area contributed by atoms with Crippen LogP contribution in [0.25, 0.3) is 0 Å². The molecule has 0 radical (unpaired) electrons. The van der Waals surface area contributed by atoms with Crippen molar-refractivity contribution >= 4 is 11.8 Å². The van der Waals surface area contributed by atoms with E-state index >= 15 is 0 Å². The van der Waals surface area contributed by atoms with Gasteiger partial charge < -0.3 is 15.0 Å². The summed E-state index contributed by atoms with van der Waals surface area (Å²) < 4.78 is 18.4. The van der Waals surface area contributed by atoms with E-state index in [2.05, 4.69) is 5.32 Å². The summed E-state index contributed by atoms with van der Waals surface area (Å²) in [5.74, 6) is -0.613. The maximum atomic E-state index is 13.3. The summed E-state index contributed by atoms with van der Waals surface area (Å²) in [5.41, 5.74) is 1.76. The van der Waals surface area contributed by atoms with E-state index in [4.69, 9.17) is 4.74 Å². The summed E-state index contributed by atoms with van der Waals surface area (Å²) in [7, 11) is 1.62. The molecule has 0 bridgehead atoms. The van der Waals surface area contributed by atoms with E-state index in [1.165, 1.54) is 12.1 Å². The molecule has 0 aliphatic rings. The summed E-state index contributed by atoms with van der Waals surface area (Å²) in [6.45, 7) is 3.22.